The van der Waals surface area contributed by atoms with Crippen LogP contribution in [0.5, 0.6) is 0 Å². The number of thiophene rings is 1. The molecule has 0 bridgehead atoms. The summed E-state index contributed by atoms with van der Waals surface area (Å²) in [6.07, 6.45) is 0. The predicted molar refractivity (Wildman–Crippen MR) is 79.6 cm³/mol. The number of hydrogen-bond donors (Lipinski definition) is 3. The highest BCUT2D eigenvalue weighted by molar-refractivity contribution is 7.16. The molecule has 0 aliphatic heterocycles. The number of fused-ring (bicyclic) bond motifs is 1. The summed E-state index contributed by atoms with van der Waals surface area (Å²) in [7, 11) is 0. The molecule has 2 aromatic heterocycles. The third-order valence-corrected chi connectivity index (χ3v) is 3.68. The average molecular weight is 289 g/mol. The van der Waals surface area contributed by atoms with Crippen LogP contribution in [0, 0.1) is 12.7 Å². The van der Waals surface area contributed by atoms with Crippen molar-refractivity contribution >= 4 is 39.0 Å². The van der Waals surface area contributed by atoms with Crippen LogP contribution in [0.3, 0.4) is 0 Å². The molecule has 0 amide bonds. The van der Waals surface area contributed by atoms with Crippen molar-refractivity contribution in [2.24, 2.45) is 5.84 Å². The number of rotatable bonds is 3. The van der Waals surface area contributed by atoms with Gasteiger partial charge in [0.15, 0.2) is 0 Å². The van der Waals surface area contributed by atoms with Crippen LogP contribution in [0.4, 0.5) is 21.8 Å². The van der Waals surface area contributed by atoms with Crippen molar-refractivity contribution in [3.05, 3.63) is 41.0 Å². The minimum absolute atomic E-state index is 0.233. The second-order valence-corrected chi connectivity index (χ2v) is 5.16. The quantitative estimate of drug-likeness (QED) is 0.510. The molecule has 0 saturated heterocycles. The minimum Gasteiger partial charge on any atom is -0.340 e. The molecule has 0 spiro atoms. The Morgan fingerprint density at radius 3 is 2.85 bits per heavy atom. The SMILES string of the molecule is Cc1cc(Nc2nc(NN)nc3sccc23)ccc1F. The first-order valence-electron chi connectivity index (χ1n) is 5.92. The molecule has 20 heavy (non-hydrogen) atoms. The molecule has 4 N–H and O–H groups in total. The maximum absolute atomic E-state index is 13.3. The van der Waals surface area contributed by atoms with Crippen LogP contribution < -0.4 is 16.6 Å². The summed E-state index contributed by atoms with van der Waals surface area (Å²) in [6.45, 7) is 1.72. The average Bonchev–Trinajstić information content (AvgIpc) is 2.91. The molecule has 5 nitrogen and oxygen atoms in total. The van der Waals surface area contributed by atoms with Crippen molar-refractivity contribution in [3.63, 3.8) is 0 Å². The largest absolute Gasteiger partial charge is 0.340 e. The molecular formula is C13H12FN5S. The molecule has 2 heterocycles. The van der Waals surface area contributed by atoms with E-state index in [1.54, 1.807) is 19.1 Å². The van der Waals surface area contributed by atoms with Crippen LogP contribution in [0.1, 0.15) is 5.56 Å². The zero-order valence-corrected chi connectivity index (χ0v) is 11.5. The first-order valence-corrected chi connectivity index (χ1v) is 6.80. The number of aromatic nitrogens is 2. The Morgan fingerprint density at radius 1 is 1.25 bits per heavy atom. The summed E-state index contributed by atoms with van der Waals surface area (Å²) in [6, 6.07) is 6.74. The van der Waals surface area contributed by atoms with Gasteiger partial charge in [0, 0.05) is 5.69 Å². The van der Waals surface area contributed by atoms with Gasteiger partial charge in [-0.3, -0.25) is 5.43 Å². The van der Waals surface area contributed by atoms with E-state index in [2.05, 4.69) is 20.7 Å². The van der Waals surface area contributed by atoms with Crippen LogP contribution in [-0.4, -0.2) is 9.97 Å². The minimum atomic E-state index is -0.233. The lowest BCUT2D eigenvalue weighted by Crippen LogP contribution is -2.11. The zero-order valence-electron chi connectivity index (χ0n) is 10.6. The van der Waals surface area contributed by atoms with Crippen molar-refractivity contribution < 1.29 is 4.39 Å². The van der Waals surface area contributed by atoms with Gasteiger partial charge in [-0.05, 0) is 42.1 Å². The smallest absolute Gasteiger partial charge is 0.240 e. The van der Waals surface area contributed by atoms with Crippen LogP contribution in [0.25, 0.3) is 10.2 Å². The van der Waals surface area contributed by atoms with E-state index in [1.165, 1.54) is 17.4 Å². The molecule has 0 aliphatic carbocycles. The van der Waals surface area contributed by atoms with Gasteiger partial charge in [0.25, 0.3) is 0 Å². The molecule has 3 rings (SSSR count). The number of halogens is 1. The van der Waals surface area contributed by atoms with Crippen LogP contribution in [0.15, 0.2) is 29.6 Å². The molecule has 102 valence electrons. The lowest BCUT2D eigenvalue weighted by Gasteiger charge is -2.09. The first kappa shape index (κ1) is 12.8. The van der Waals surface area contributed by atoms with Gasteiger partial charge in [-0.2, -0.15) is 4.98 Å². The van der Waals surface area contributed by atoms with Crippen LogP contribution in [0.2, 0.25) is 0 Å². The Morgan fingerprint density at radius 2 is 2.10 bits per heavy atom. The maximum Gasteiger partial charge on any atom is 0.240 e. The Bertz CT molecular complexity index is 771. The van der Waals surface area contributed by atoms with E-state index in [4.69, 9.17) is 5.84 Å². The highest BCUT2D eigenvalue weighted by atomic mass is 32.1. The molecule has 3 aromatic rings. The summed E-state index contributed by atoms with van der Waals surface area (Å²) in [5.74, 6) is 6.10. The van der Waals surface area contributed by atoms with E-state index in [1.807, 2.05) is 11.4 Å². The fourth-order valence-electron chi connectivity index (χ4n) is 1.87. The van der Waals surface area contributed by atoms with Gasteiger partial charge in [-0.15, -0.1) is 11.3 Å². The van der Waals surface area contributed by atoms with Crippen molar-refractivity contribution in [3.8, 4) is 0 Å². The Kier molecular flexibility index (Phi) is 3.21. The third-order valence-electron chi connectivity index (χ3n) is 2.87. The van der Waals surface area contributed by atoms with Crippen molar-refractivity contribution in [2.75, 3.05) is 10.7 Å². The first-order chi connectivity index (χ1) is 9.67. The van der Waals surface area contributed by atoms with Gasteiger partial charge in [0.05, 0.1) is 5.39 Å². The van der Waals surface area contributed by atoms with E-state index >= 15 is 0 Å². The number of nitrogens with two attached hydrogens (primary N) is 1. The lowest BCUT2D eigenvalue weighted by molar-refractivity contribution is 0.619. The number of nitrogen functional groups attached to an aromatic ring is 1. The predicted octanol–water partition coefficient (Wildman–Crippen LogP) is 3.17. The van der Waals surface area contributed by atoms with E-state index < -0.39 is 0 Å². The normalized spacial score (nSPS) is 10.8. The number of aryl methyl sites for hydroxylation is 1. The molecule has 0 saturated carbocycles. The lowest BCUT2D eigenvalue weighted by atomic mass is 10.2. The summed E-state index contributed by atoms with van der Waals surface area (Å²) >= 11 is 1.50. The number of hydrogen-bond acceptors (Lipinski definition) is 6. The second kappa shape index (κ2) is 5.03. The summed E-state index contributed by atoms with van der Waals surface area (Å²) in [4.78, 5) is 9.38. The summed E-state index contributed by atoms with van der Waals surface area (Å²) in [5.41, 5.74) is 3.77. The molecule has 1 aromatic carbocycles. The van der Waals surface area contributed by atoms with E-state index in [0.717, 1.165) is 15.9 Å². The van der Waals surface area contributed by atoms with Gasteiger partial charge in [-0.25, -0.2) is 15.2 Å². The van der Waals surface area contributed by atoms with Gasteiger partial charge in [-0.1, -0.05) is 0 Å². The maximum atomic E-state index is 13.3. The van der Waals surface area contributed by atoms with Crippen molar-refractivity contribution in [1.82, 2.24) is 9.97 Å². The monoisotopic (exact) mass is 289 g/mol. The Balaban J connectivity index is 2.04. The molecule has 0 radical (unpaired) electrons. The van der Waals surface area contributed by atoms with Crippen molar-refractivity contribution in [1.29, 1.82) is 0 Å². The van der Waals surface area contributed by atoms with Gasteiger partial charge in [0.1, 0.15) is 16.5 Å². The van der Waals surface area contributed by atoms with Gasteiger partial charge >= 0.3 is 0 Å². The number of hydrazine groups is 1. The second-order valence-electron chi connectivity index (χ2n) is 4.27. The van der Waals surface area contributed by atoms with Crippen LogP contribution in [-0.2, 0) is 0 Å². The number of nitrogens with one attached hydrogen (secondary N) is 2. The standard InChI is InChI=1S/C13H12FN5S/c1-7-6-8(2-3-10(7)14)16-11-9-4-5-20-12(9)18-13(17-11)19-15/h2-6H,15H2,1H3,(H2,16,17,18,19). The van der Waals surface area contributed by atoms with E-state index in [0.29, 0.717) is 17.3 Å². The number of nitrogens with zero attached hydrogens (tertiary/aromatic N) is 2. The molecule has 0 aliphatic rings. The zero-order chi connectivity index (χ0) is 14.1. The summed E-state index contributed by atoms with van der Waals surface area (Å²) < 4.78 is 13.3. The van der Waals surface area contributed by atoms with E-state index in [9.17, 15) is 4.39 Å². The number of benzene rings is 1. The van der Waals surface area contributed by atoms with Gasteiger partial charge in [0.2, 0.25) is 5.95 Å². The van der Waals surface area contributed by atoms with Crippen LogP contribution >= 0.6 is 11.3 Å². The molecular weight excluding hydrogens is 277 g/mol. The fraction of sp³-hybridized carbons (Fsp3) is 0.0769. The topological polar surface area (TPSA) is 75.9 Å². The van der Waals surface area contributed by atoms with Crippen molar-refractivity contribution in [2.45, 2.75) is 6.92 Å². The molecule has 0 atom stereocenters. The van der Waals surface area contributed by atoms with E-state index in [-0.39, 0.29) is 5.82 Å². The summed E-state index contributed by atoms with van der Waals surface area (Å²) in [5, 5.41) is 6.00. The Labute approximate surface area is 118 Å². The molecule has 0 fully saturated rings. The fourth-order valence-corrected chi connectivity index (χ4v) is 2.64. The highest BCUT2D eigenvalue weighted by Crippen LogP contribution is 2.28. The third kappa shape index (κ3) is 2.28. The molecule has 0 unspecified atom stereocenters. The van der Waals surface area contributed by atoms with Gasteiger partial charge < -0.3 is 5.32 Å². The number of anilines is 3. The molecule has 7 heteroatoms. The Hall–Kier alpha value is -2.25. The highest BCUT2D eigenvalue weighted by Gasteiger charge is 2.09.